The zero-order valence-corrected chi connectivity index (χ0v) is 11.0. The third-order valence-corrected chi connectivity index (χ3v) is 3.76. The summed E-state index contributed by atoms with van der Waals surface area (Å²) in [6, 6.07) is 5.33. The fraction of sp³-hybridized carbons (Fsp3) is 0.500. The van der Waals surface area contributed by atoms with Gasteiger partial charge in [0.1, 0.15) is 0 Å². The molecule has 0 saturated carbocycles. The Morgan fingerprint density at radius 3 is 2.35 bits per heavy atom. The van der Waals surface area contributed by atoms with Crippen molar-refractivity contribution in [2.24, 2.45) is 0 Å². The van der Waals surface area contributed by atoms with E-state index in [1.807, 2.05) is 18.2 Å². The molecule has 2 N–H and O–H groups in total. The van der Waals surface area contributed by atoms with Gasteiger partial charge >= 0.3 is 0 Å². The van der Waals surface area contributed by atoms with Gasteiger partial charge in [0.15, 0.2) is 0 Å². The maximum absolute atomic E-state index is 9.60. The average Bonchev–Trinajstić information content (AvgIpc) is 2.35. The van der Waals surface area contributed by atoms with Crippen molar-refractivity contribution in [2.45, 2.75) is 6.04 Å². The van der Waals surface area contributed by atoms with E-state index in [4.69, 9.17) is 23.2 Å². The van der Waals surface area contributed by atoms with Crippen LogP contribution in [0.1, 0.15) is 11.6 Å². The number of hydrogen-bond donors (Lipinski definition) is 2. The summed E-state index contributed by atoms with van der Waals surface area (Å²) >= 11 is 12.4. The largest absolute Gasteiger partial charge is 0.394 e. The molecule has 1 saturated heterocycles. The summed E-state index contributed by atoms with van der Waals surface area (Å²) in [5.74, 6) is 0. The van der Waals surface area contributed by atoms with Gasteiger partial charge in [-0.2, -0.15) is 0 Å². The van der Waals surface area contributed by atoms with Crippen LogP contribution >= 0.6 is 23.2 Å². The highest BCUT2D eigenvalue weighted by atomic mass is 35.5. The number of piperazine rings is 1. The second-order valence-corrected chi connectivity index (χ2v) is 4.93. The molecular weight excluding hydrogens is 259 g/mol. The summed E-state index contributed by atoms with van der Waals surface area (Å²) in [4.78, 5) is 2.21. The average molecular weight is 275 g/mol. The first kappa shape index (κ1) is 13.1. The minimum absolute atomic E-state index is 0.0312. The molecule has 0 bridgehead atoms. The predicted molar refractivity (Wildman–Crippen MR) is 70.7 cm³/mol. The summed E-state index contributed by atoms with van der Waals surface area (Å²) in [6.07, 6.45) is 0. The maximum atomic E-state index is 9.60. The molecule has 0 aromatic heterocycles. The molecule has 1 aliphatic heterocycles. The Morgan fingerprint density at radius 2 is 1.82 bits per heavy atom. The molecule has 1 aromatic rings. The Bertz CT molecular complexity index is 361. The standard InChI is InChI=1S/C12H16Cl2N2O/c13-9-2-1-3-10(14)12(9)11(8-17)16-6-4-15-5-7-16/h1-3,11,15,17H,4-8H2/t11-/m1/s1. The quantitative estimate of drug-likeness (QED) is 0.884. The van der Waals surface area contributed by atoms with Crippen LogP contribution in [0.3, 0.4) is 0 Å². The Hall–Kier alpha value is -0.320. The summed E-state index contributed by atoms with van der Waals surface area (Å²) < 4.78 is 0. The zero-order chi connectivity index (χ0) is 12.3. The smallest absolute Gasteiger partial charge is 0.0629 e. The van der Waals surface area contributed by atoms with E-state index < -0.39 is 0 Å². The Morgan fingerprint density at radius 1 is 1.24 bits per heavy atom. The van der Waals surface area contributed by atoms with E-state index in [0.29, 0.717) is 10.0 Å². The molecule has 0 radical (unpaired) electrons. The minimum atomic E-state index is -0.113. The van der Waals surface area contributed by atoms with Crippen molar-refractivity contribution in [2.75, 3.05) is 32.8 Å². The van der Waals surface area contributed by atoms with Gasteiger partial charge < -0.3 is 10.4 Å². The SMILES string of the molecule is OC[C@H](c1c(Cl)cccc1Cl)N1CCNCC1. The van der Waals surface area contributed by atoms with Crippen molar-refractivity contribution in [3.63, 3.8) is 0 Å². The number of rotatable bonds is 3. The lowest BCUT2D eigenvalue weighted by Crippen LogP contribution is -2.46. The molecule has 94 valence electrons. The number of aliphatic hydroxyl groups excluding tert-OH is 1. The molecule has 0 unspecified atom stereocenters. The third kappa shape index (κ3) is 2.92. The van der Waals surface area contributed by atoms with Crippen molar-refractivity contribution in [1.82, 2.24) is 10.2 Å². The van der Waals surface area contributed by atoms with Crippen molar-refractivity contribution in [3.8, 4) is 0 Å². The van der Waals surface area contributed by atoms with E-state index in [1.54, 1.807) is 0 Å². The van der Waals surface area contributed by atoms with E-state index in [2.05, 4.69) is 10.2 Å². The first-order valence-corrected chi connectivity index (χ1v) is 6.49. The first-order valence-electron chi connectivity index (χ1n) is 5.73. The normalized spacial score (nSPS) is 19.2. The molecule has 0 amide bonds. The lowest BCUT2D eigenvalue weighted by Gasteiger charge is -2.34. The second kappa shape index (κ2) is 6.03. The van der Waals surface area contributed by atoms with Crippen molar-refractivity contribution >= 4 is 23.2 Å². The van der Waals surface area contributed by atoms with Gasteiger partial charge in [0.25, 0.3) is 0 Å². The van der Waals surface area contributed by atoms with Crippen molar-refractivity contribution in [1.29, 1.82) is 0 Å². The summed E-state index contributed by atoms with van der Waals surface area (Å²) in [7, 11) is 0. The van der Waals surface area contributed by atoms with Gasteiger partial charge in [-0.05, 0) is 12.1 Å². The molecule has 0 spiro atoms. The maximum Gasteiger partial charge on any atom is 0.0629 e. The predicted octanol–water partition coefficient (Wildman–Crippen LogP) is 1.93. The molecule has 3 nitrogen and oxygen atoms in total. The van der Waals surface area contributed by atoms with Crippen LogP contribution in [0.25, 0.3) is 0 Å². The van der Waals surface area contributed by atoms with E-state index in [0.717, 1.165) is 31.7 Å². The molecular formula is C12H16Cl2N2O. The lowest BCUT2D eigenvalue weighted by molar-refractivity contribution is 0.111. The van der Waals surface area contributed by atoms with E-state index in [-0.39, 0.29) is 12.6 Å². The number of nitrogens with one attached hydrogen (secondary N) is 1. The van der Waals surface area contributed by atoms with Crippen molar-refractivity contribution in [3.05, 3.63) is 33.8 Å². The highest BCUT2D eigenvalue weighted by Gasteiger charge is 2.25. The minimum Gasteiger partial charge on any atom is -0.394 e. The van der Waals surface area contributed by atoms with Gasteiger partial charge in [-0.15, -0.1) is 0 Å². The molecule has 0 aliphatic carbocycles. The van der Waals surface area contributed by atoms with Crippen molar-refractivity contribution < 1.29 is 5.11 Å². The summed E-state index contributed by atoms with van der Waals surface area (Å²) in [6.45, 7) is 3.68. The lowest BCUT2D eigenvalue weighted by atomic mass is 10.0. The highest BCUT2D eigenvalue weighted by molar-refractivity contribution is 6.36. The van der Waals surface area contributed by atoms with Gasteiger partial charge in [-0.1, -0.05) is 29.3 Å². The van der Waals surface area contributed by atoms with Crippen LogP contribution in [0.5, 0.6) is 0 Å². The third-order valence-electron chi connectivity index (χ3n) is 3.10. The van der Waals surface area contributed by atoms with Crippen LogP contribution in [0.4, 0.5) is 0 Å². The molecule has 1 fully saturated rings. The van der Waals surface area contributed by atoms with E-state index >= 15 is 0 Å². The molecule has 1 aromatic carbocycles. The number of nitrogens with zero attached hydrogens (tertiary/aromatic N) is 1. The Labute approximate surface area is 111 Å². The van der Waals surface area contributed by atoms with Crippen LogP contribution in [0.2, 0.25) is 10.0 Å². The number of benzene rings is 1. The summed E-state index contributed by atoms with van der Waals surface area (Å²) in [5.41, 5.74) is 0.834. The Balaban J connectivity index is 2.27. The Kier molecular flexibility index (Phi) is 4.65. The van der Waals surface area contributed by atoms with Crippen LogP contribution in [0, 0.1) is 0 Å². The number of hydrogen-bond acceptors (Lipinski definition) is 3. The van der Waals surface area contributed by atoms with Gasteiger partial charge in [-0.3, -0.25) is 4.90 Å². The molecule has 1 atom stereocenters. The van der Waals surface area contributed by atoms with Crippen LogP contribution in [0.15, 0.2) is 18.2 Å². The van der Waals surface area contributed by atoms with Crippen LogP contribution < -0.4 is 5.32 Å². The van der Waals surface area contributed by atoms with Gasteiger partial charge in [0, 0.05) is 41.8 Å². The fourth-order valence-electron chi connectivity index (χ4n) is 2.21. The van der Waals surface area contributed by atoms with E-state index in [9.17, 15) is 5.11 Å². The topological polar surface area (TPSA) is 35.5 Å². The number of aliphatic hydroxyl groups is 1. The van der Waals surface area contributed by atoms with Gasteiger partial charge in [0.2, 0.25) is 0 Å². The first-order chi connectivity index (χ1) is 8.24. The monoisotopic (exact) mass is 274 g/mol. The molecule has 17 heavy (non-hydrogen) atoms. The van der Waals surface area contributed by atoms with Crippen LogP contribution in [-0.2, 0) is 0 Å². The molecule has 5 heteroatoms. The molecule has 2 rings (SSSR count). The second-order valence-electron chi connectivity index (χ2n) is 4.12. The molecule has 1 heterocycles. The van der Waals surface area contributed by atoms with Gasteiger partial charge in [-0.25, -0.2) is 0 Å². The fourth-order valence-corrected chi connectivity index (χ4v) is 2.86. The van der Waals surface area contributed by atoms with E-state index in [1.165, 1.54) is 0 Å². The number of halogens is 2. The summed E-state index contributed by atoms with van der Waals surface area (Å²) in [5, 5.41) is 14.1. The van der Waals surface area contributed by atoms with Gasteiger partial charge in [0.05, 0.1) is 12.6 Å². The molecule has 1 aliphatic rings. The zero-order valence-electron chi connectivity index (χ0n) is 9.50. The highest BCUT2D eigenvalue weighted by Crippen LogP contribution is 2.33. The van der Waals surface area contributed by atoms with Crippen LogP contribution in [-0.4, -0.2) is 42.8 Å².